The van der Waals surface area contributed by atoms with E-state index in [2.05, 4.69) is 31.1 Å². The number of nitrogens with zero attached hydrogens (tertiary/aromatic N) is 2. The summed E-state index contributed by atoms with van der Waals surface area (Å²) in [6, 6.07) is 4.03. The van der Waals surface area contributed by atoms with Gasteiger partial charge in [-0.3, -0.25) is 0 Å². The van der Waals surface area contributed by atoms with Crippen LogP contribution >= 0.6 is 0 Å². The predicted octanol–water partition coefficient (Wildman–Crippen LogP) is 1.20. The van der Waals surface area contributed by atoms with Crippen molar-refractivity contribution < 1.29 is 8.42 Å². The van der Waals surface area contributed by atoms with Crippen molar-refractivity contribution in [1.29, 1.82) is 0 Å². The fourth-order valence-electron chi connectivity index (χ4n) is 2.05. The highest BCUT2D eigenvalue weighted by Crippen LogP contribution is 2.16. The van der Waals surface area contributed by atoms with Gasteiger partial charge in [-0.15, -0.1) is 0 Å². The Morgan fingerprint density at radius 1 is 1.30 bits per heavy atom. The van der Waals surface area contributed by atoms with Gasteiger partial charge in [-0.2, -0.15) is 0 Å². The molecule has 0 radical (unpaired) electrons. The third-order valence-electron chi connectivity index (χ3n) is 3.30. The molecule has 0 bridgehead atoms. The van der Waals surface area contributed by atoms with E-state index in [4.69, 9.17) is 0 Å². The Bertz CT molecular complexity index is 550. The van der Waals surface area contributed by atoms with Gasteiger partial charge in [0, 0.05) is 31.4 Å². The van der Waals surface area contributed by atoms with Crippen LogP contribution in [-0.2, 0) is 16.4 Å². The molecule has 1 saturated heterocycles. The predicted molar refractivity (Wildman–Crippen MR) is 81.7 cm³/mol. The van der Waals surface area contributed by atoms with Crippen molar-refractivity contribution in [2.75, 3.05) is 29.5 Å². The molecule has 0 atom stereocenters. The smallest absolute Gasteiger partial charge is 0.153 e. The summed E-state index contributed by atoms with van der Waals surface area (Å²) in [5.41, 5.74) is 1.24. The summed E-state index contributed by atoms with van der Waals surface area (Å²) in [6.45, 7) is 8.24. The molecule has 1 aromatic rings. The van der Waals surface area contributed by atoms with E-state index in [1.807, 2.05) is 17.0 Å². The van der Waals surface area contributed by atoms with Crippen molar-refractivity contribution >= 4 is 15.7 Å². The highest BCUT2D eigenvalue weighted by molar-refractivity contribution is 7.91. The molecule has 1 aliphatic heterocycles. The molecule has 2 heterocycles. The SMILES string of the molecule is CC(C)(C)NCc1ccnc(N2CCS(=O)(=O)CC2)c1. The number of hydrogen-bond donors (Lipinski definition) is 1. The fraction of sp³-hybridized carbons (Fsp3) is 0.643. The minimum atomic E-state index is -2.85. The van der Waals surface area contributed by atoms with Crippen LogP contribution in [0.1, 0.15) is 26.3 Å². The lowest BCUT2D eigenvalue weighted by Gasteiger charge is -2.28. The van der Waals surface area contributed by atoms with E-state index >= 15 is 0 Å². The molecule has 0 amide bonds. The Hall–Kier alpha value is -1.14. The molecule has 0 unspecified atom stereocenters. The largest absolute Gasteiger partial charge is 0.355 e. The van der Waals surface area contributed by atoms with Crippen LogP contribution in [0.4, 0.5) is 5.82 Å². The maximum Gasteiger partial charge on any atom is 0.153 e. The molecule has 0 aliphatic carbocycles. The first kappa shape index (κ1) is 15.3. The van der Waals surface area contributed by atoms with Crippen LogP contribution in [0.3, 0.4) is 0 Å². The minimum Gasteiger partial charge on any atom is -0.355 e. The lowest BCUT2D eigenvalue weighted by atomic mass is 10.1. The van der Waals surface area contributed by atoms with E-state index in [0.29, 0.717) is 13.1 Å². The normalized spacial score (nSPS) is 19.1. The summed E-state index contributed by atoms with van der Waals surface area (Å²) in [5.74, 6) is 1.31. The monoisotopic (exact) mass is 297 g/mol. The molecule has 112 valence electrons. The Morgan fingerprint density at radius 3 is 2.55 bits per heavy atom. The van der Waals surface area contributed by atoms with Gasteiger partial charge in [-0.25, -0.2) is 13.4 Å². The van der Waals surface area contributed by atoms with Crippen LogP contribution in [0.25, 0.3) is 0 Å². The van der Waals surface area contributed by atoms with Crippen LogP contribution in [0.5, 0.6) is 0 Å². The Kier molecular flexibility index (Phi) is 4.34. The average Bonchev–Trinajstić information content (AvgIpc) is 2.36. The minimum absolute atomic E-state index is 0.0721. The molecular formula is C14H23N3O2S. The van der Waals surface area contributed by atoms with Gasteiger partial charge < -0.3 is 10.2 Å². The van der Waals surface area contributed by atoms with Gasteiger partial charge in [0.15, 0.2) is 9.84 Å². The van der Waals surface area contributed by atoms with Crippen LogP contribution in [-0.4, -0.2) is 43.5 Å². The summed E-state index contributed by atoms with van der Waals surface area (Å²) >= 11 is 0. The third-order valence-corrected chi connectivity index (χ3v) is 4.91. The molecule has 1 aromatic heterocycles. The first-order valence-electron chi connectivity index (χ1n) is 6.91. The number of anilines is 1. The van der Waals surface area contributed by atoms with Crippen LogP contribution in [0, 0.1) is 0 Å². The molecule has 1 fully saturated rings. The van der Waals surface area contributed by atoms with Gasteiger partial charge in [0.05, 0.1) is 11.5 Å². The Morgan fingerprint density at radius 2 is 1.95 bits per heavy atom. The quantitative estimate of drug-likeness (QED) is 0.908. The lowest BCUT2D eigenvalue weighted by Crippen LogP contribution is -2.40. The zero-order chi connectivity index (χ0) is 14.8. The Balaban J connectivity index is 2.03. The fourth-order valence-corrected chi connectivity index (χ4v) is 3.25. The van der Waals surface area contributed by atoms with Gasteiger partial charge in [0.25, 0.3) is 0 Å². The van der Waals surface area contributed by atoms with Crippen molar-refractivity contribution in [2.45, 2.75) is 32.9 Å². The van der Waals surface area contributed by atoms with Crippen molar-refractivity contribution in [3.05, 3.63) is 23.9 Å². The molecule has 0 spiro atoms. The summed E-state index contributed by atoms with van der Waals surface area (Å²) in [5, 5.41) is 3.44. The maximum absolute atomic E-state index is 11.5. The van der Waals surface area contributed by atoms with Crippen LogP contribution < -0.4 is 10.2 Å². The van der Waals surface area contributed by atoms with E-state index in [1.165, 1.54) is 5.56 Å². The second-order valence-electron chi connectivity index (χ2n) is 6.26. The summed E-state index contributed by atoms with van der Waals surface area (Å²) < 4.78 is 22.9. The van der Waals surface area contributed by atoms with Gasteiger partial charge in [-0.05, 0) is 38.5 Å². The molecule has 0 saturated carbocycles. The molecule has 0 aromatic carbocycles. The van der Waals surface area contributed by atoms with Crippen LogP contribution in [0.15, 0.2) is 18.3 Å². The first-order chi connectivity index (χ1) is 9.25. The van der Waals surface area contributed by atoms with E-state index in [0.717, 1.165) is 12.4 Å². The summed E-state index contributed by atoms with van der Waals surface area (Å²) in [6.07, 6.45) is 1.79. The van der Waals surface area contributed by atoms with E-state index in [-0.39, 0.29) is 17.0 Å². The van der Waals surface area contributed by atoms with Crippen molar-refractivity contribution in [3.8, 4) is 0 Å². The van der Waals surface area contributed by atoms with Gasteiger partial charge >= 0.3 is 0 Å². The van der Waals surface area contributed by atoms with E-state index < -0.39 is 9.84 Å². The molecule has 20 heavy (non-hydrogen) atoms. The number of pyridine rings is 1. The average molecular weight is 297 g/mol. The third kappa shape index (κ3) is 4.45. The second-order valence-corrected chi connectivity index (χ2v) is 8.57. The number of hydrogen-bond acceptors (Lipinski definition) is 5. The first-order valence-corrected chi connectivity index (χ1v) is 8.73. The zero-order valence-electron chi connectivity index (χ0n) is 12.4. The molecule has 2 rings (SSSR count). The molecule has 5 nitrogen and oxygen atoms in total. The summed E-state index contributed by atoms with van der Waals surface area (Å²) in [7, 11) is -2.85. The van der Waals surface area contributed by atoms with Crippen LogP contribution in [0.2, 0.25) is 0 Å². The highest BCUT2D eigenvalue weighted by atomic mass is 32.2. The zero-order valence-corrected chi connectivity index (χ0v) is 13.2. The second kappa shape index (κ2) is 5.69. The van der Waals surface area contributed by atoms with Gasteiger partial charge in [-0.1, -0.05) is 0 Å². The highest BCUT2D eigenvalue weighted by Gasteiger charge is 2.22. The number of aromatic nitrogens is 1. The molecule has 1 N–H and O–H groups in total. The van der Waals surface area contributed by atoms with Gasteiger partial charge in [0.1, 0.15) is 5.82 Å². The molecule has 1 aliphatic rings. The number of sulfone groups is 1. The summed E-state index contributed by atoms with van der Waals surface area (Å²) in [4.78, 5) is 6.40. The molecule has 6 heteroatoms. The molecular weight excluding hydrogens is 274 g/mol. The maximum atomic E-state index is 11.5. The lowest BCUT2D eigenvalue weighted by molar-refractivity contribution is 0.424. The number of rotatable bonds is 3. The van der Waals surface area contributed by atoms with E-state index in [9.17, 15) is 8.42 Å². The number of nitrogens with one attached hydrogen (secondary N) is 1. The van der Waals surface area contributed by atoms with E-state index in [1.54, 1.807) is 6.20 Å². The topological polar surface area (TPSA) is 62.3 Å². The van der Waals surface area contributed by atoms with Gasteiger partial charge in [0.2, 0.25) is 0 Å². The van der Waals surface area contributed by atoms with Crippen molar-refractivity contribution in [3.63, 3.8) is 0 Å². The Labute approximate surface area is 121 Å². The van der Waals surface area contributed by atoms with Crippen molar-refractivity contribution in [2.24, 2.45) is 0 Å². The standard InChI is InChI=1S/C14H23N3O2S/c1-14(2,3)16-11-12-4-5-15-13(10-12)17-6-8-20(18,19)9-7-17/h4-5,10,16H,6-9,11H2,1-3H3. The van der Waals surface area contributed by atoms with Crippen molar-refractivity contribution in [1.82, 2.24) is 10.3 Å².